The van der Waals surface area contributed by atoms with Gasteiger partial charge in [0.15, 0.2) is 0 Å². The van der Waals surface area contributed by atoms with Crippen molar-refractivity contribution in [2.45, 2.75) is 51.9 Å². The van der Waals surface area contributed by atoms with Gasteiger partial charge in [0.05, 0.1) is 106 Å². The van der Waals surface area contributed by atoms with Crippen LogP contribution in [0.1, 0.15) is 51.0 Å². The van der Waals surface area contributed by atoms with Crippen LogP contribution in [-0.2, 0) is 53.8 Å². The van der Waals surface area contributed by atoms with Crippen LogP contribution < -0.4 is 4.74 Å². The Balaban J connectivity index is 1.72. The van der Waals surface area contributed by atoms with Crippen molar-refractivity contribution in [1.82, 2.24) is 0 Å². The molecule has 0 amide bonds. The molecule has 0 saturated carbocycles. The Kier molecular flexibility index (Phi) is 29.7. The van der Waals surface area contributed by atoms with Gasteiger partial charge in [-0.1, -0.05) is 51.2 Å². The molecule has 1 aromatic carbocycles. The lowest BCUT2D eigenvalue weighted by Gasteiger charge is -2.09. The number of hydrogen-bond acceptors (Lipinski definition) is 11. The fourth-order valence-electron chi connectivity index (χ4n) is 3.83. The number of methoxy groups -OCH3 is 1. The van der Waals surface area contributed by atoms with Crippen molar-refractivity contribution in [2.75, 3.05) is 119 Å². The highest BCUT2D eigenvalue weighted by molar-refractivity contribution is 5.70. The summed E-state index contributed by atoms with van der Waals surface area (Å²) in [5, 5.41) is 0. The van der Waals surface area contributed by atoms with Crippen molar-refractivity contribution in [1.29, 1.82) is 0 Å². The molecule has 11 nitrogen and oxygen atoms in total. The molecule has 11 heteroatoms. The van der Waals surface area contributed by atoms with E-state index in [1.165, 1.54) is 51.2 Å². The minimum absolute atomic E-state index is 0.0661. The second kappa shape index (κ2) is 32.6. The van der Waals surface area contributed by atoms with Gasteiger partial charge in [-0.3, -0.25) is 0 Å². The van der Waals surface area contributed by atoms with Crippen molar-refractivity contribution >= 4 is 5.97 Å². The lowest BCUT2D eigenvalue weighted by Crippen LogP contribution is -2.16. The molecule has 1 aromatic rings. The maximum Gasteiger partial charge on any atom is 0.331 e. The van der Waals surface area contributed by atoms with Gasteiger partial charge < -0.3 is 47.4 Å². The van der Waals surface area contributed by atoms with Crippen molar-refractivity contribution in [3.63, 3.8) is 0 Å². The molecule has 44 heavy (non-hydrogen) atoms. The Hall–Kier alpha value is -1.83. The number of unbranched alkanes of at least 4 members (excludes halogenated alkanes) is 5. The summed E-state index contributed by atoms with van der Waals surface area (Å²) in [5.41, 5.74) is 1.37. The maximum atomic E-state index is 10.9. The molecule has 0 bridgehead atoms. The van der Waals surface area contributed by atoms with Gasteiger partial charge in [0.25, 0.3) is 0 Å². The molecule has 0 unspecified atom stereocenters. The standard InChI is InChI=1S/C33H58O11/c1-3-4-5-6-7-8-9-31-10-12-32(13-11-31)44-29-28-42-25-24-40-21-20-38-17-16-36-14-15-37-18-19-39-22-23-41-26-27-43-30-33(34)35-2/h10-13H,3-9,14-30H2,1-2H3. The fourth-order valence-corrected chi connectivity index (χ4v) is 3.83. The van der Waals surface area contributed by atoms with Gasteiger partial charge in [0.1, 0.15) is 19.0 Å². The molecule has 0 saturated heterocycles. The first-order chi connectivity index (χ1) is 21.8. The van der Waals surface area contributed by atoms with Crippen LogP contribution in [0.4, 0.5) is 0 Å². The van der Waals surface area contributed by atoms with E-state index in [0.29, 0.717) is 106 Å². The third kappa shape index (κ3) is 27.7. The summed E-state index contributed by atoms with van der Waals surface area (Å²) in [6.07, 6.45) is 9.08. The van der Waals surface area contributed by atoms with Crippen molar-refractivity contribution < 1.29 is 52.2 Å². The largest absolute Gasteiger partial charge is 0.491 e. The molecule has 256 valence electrons. The second-order valence-electron chi connectivity index (χ2n) is 9.93. The third-order valence-corrected chi connectivity index (χ3v) is 6.29. The lowest BCUT2D eigenvalue weighted by atomic mass is 10.0. The van der Waals surface area contributed by atoms with Gasteiger partial charge >= 0.3 is 5.97 Å². The van der Waals surface area contributed by atoms with Gasteiger partial charge in [-0.05, 0) is 30.5 Å². The predicted octanol–water partition coefficient (Wildman–Crippen LogP) is 4.27. The third-order valence-electron chi connectivity index (χ3n) is 6.29. The molecule has 0 spiro atoms. The topological polar surface area (TPSA) is 109 Å². The van der Waals surface area contributed by atoms with E-state index < -0.39 is 5.97 Å². The molecule has 0 atom stereocenters. The SMILES string of the molecule is CCCCCCCCc1ccc(OCCOCCOCCOCCOCCOCCOCCOCCOCC(=O)OC)cc1. The Morgan fingerprint density at radius 2 is 0.886 bits per heavy atom. The van der Waals surface area contributed by atoms with Gasteiger partial charge in [0, 0.05) is 0 Å². The van der Waals surface area contributed by atoms with Crippen molar-refractivity contribution in [3.05, 3.63) is 29.8 Å². The Morgan fingerprint density at radius 1 is 0.500 bits per heavy atom. The molecule has 0 aliphatic heterocycles. The summed E-state index contributed by atoms with van der Waals surface area (Å²) in [5.74, 6) is 0.478. The van der Waals surface area contributed by atoms with Gasteiger partial charge in [-0.25, -0.2) is 4.79 Å². The average Bonchev–Trinajstić information content (AvgIpc) is 3.04. The van der Waals surface area contributed by atoms with E-state index in [2.05, 4.69) is 23.8 Å². The normalized spacial score (nSPS) is 11.2. The van der Waals surface area contributed by atoms with E-state index in [0.717, 1.165) is 12.2 Å². The highest BCUT2D eigenvalue weighted by atomic mass is 16.6. The smallest absolute Gasteiger partial charge is 0.331 e. The number of carbonyl (C=O) groups excluding carboxylic acids is 1. The first-order valence-corrected chi connectivity index (χ1v) is 16.2. The number of ether oxygens (including phenoxy) is 10. The lowest BCUT2D eigenvalue weighted by molar-refractivity contribution is -0.146. The monoisotopic (exact) mass is 630 g/mol. The number of benzene rings is 1. The minimum atomic E-state index is -0.404. The second-order valence-corrected chi connectivity index (χ2v) is 9.93. The van der Waals surface area contributed by atoms with E-state index in [-0.39, 0.29) is 6.61 Å². The van der Waals surface area contributed by atoms with Crippen LogP contribution in [-0.4, -0.2) is 125 Å². The van der Waals surface area contributed by atoms with Crippen LogP contribution in [0.5, 0.6) is 5.75 Å². The molecule has 0 N–H and O–H groups in total. The molecule has 0 fully saturated rings. The molecular weight excluding hydrogens is 572 g/mol. The number of aryl methyl sites for hydroxylation is 1. The highest BCUT2D eigenvalue weighted by Crippen LogP contribution is 2.15. The summed E-state index contributed by atoms with van der Waals surface area (Å²) in [6, 6.07) is 8.42. The highest BCUT2D eigenvalue weighted by Gasteiger charge is 2.00. The van der Waals surface area contributed by atoms with Crippen LogP contribution in [0.3, 0.4) is 0 Å². The minimum Gasteiger partial charge on any atom is -0.491 e. The summed E-state index contributed by atoms with van der Waals surface area (Å²) in [7, 11) is 1.32. The number of hydrogen-bond donors (Lipinski definition) is 0. The molecule has 0 aromatic heterocycles. The summed E-state index contributed by atoms with van der Waals surface area (Å²) in [4.78, 5) is 10.9. The number of rotatable bonds is 34. The quantitative estimate of drug-likeness (QED) is 0.0804. The summed E-state index contributed by atoms with van der Waals surface area (Å²) < 4.78 is 53.5. The number of esters is 1. The van der Waals surface area contributed by atoms with Crippen molar-refractivity contribution in [2.24, 2.45) is 0 Å². The Labute approximate surface area is 265 Å². The van der Waals surface area contributed by atoms with E-state index in [1.54, 1.807) is 0 Å². The van der Waals surface area contributed by atoms with Crippen LogP contribution in [0.15, 0.2) is 24.3 Å². The number of carbonyl (C=O) groups is 1. The Bertz CT molecular complexity index is 733. The van der Waals surface area contributed by atoms with Crippen molar-refractivity contribution in [3.8, 4) is 5.75 Å². The van der Waals surface area contributed by atoms with E-state index in [9.17, 15) is 4.79 Å². The molecule has 0 heterocycles. The van der Waals surface area contributed by atoms with Gasteiger partial charge in [0.2, 0.25) is 0 Å². The first-order valence-electron chi connectivity index (χ1n) is 16.2. The summed E-state index contributed by atoms with van der Waals surface area (Å²) >= 11 is 0. The Morgan fingerprint density at radius 3 is 1.32 bits per heavy atom. The molecule has 1 rings (SSSR count). The van der Waals surface area contributed by atoms with Gasteiger partial charge in [-0.15, -0.1) is 0 Å². The molecule has 0 aliphatic rings. The van der Waals surface area contributed by atoms with E-state index in [1.807, 2.05) is 12.1 Å². The van der Waals surface area contributed by atoms with Gasteiger partial charge in [-0.2, -0.15) is 0 Å². The zero-order chi connectivity index (χ0) is 31.6. The van der Waals surface area contributed by atoms with Crippen LogP contribution in [0, 0.1) is 0 Å². The average molecular weight is 631 g/mol. The molecule has 0 aliphatic carbocycles. The van der Waals surface area contributed by atoms with E-state index in [4.69, 9.17) is 42.6 Å². The molecule has 0 radical (unpaired) electrons. The predicted molar refractivity (Wildman–Crippen MR) is 168 cm³/mol. The maximum absolute atomic E-state index is 10.9. The van der Waals surface area contributed by atoms with Crippen LogP contribution in [0.25, 0.3) is 0 Å². The zero-order valence-electron chi connectivity index (χ0n) is 27.3. The van der Waals surface area contributed by atoms with Crippen LogP contribution in [0.2, 0.25) is 0 Å². The first kappa shape index (κ1) is 40.2. The molecular formula is C33H58O11. The summed E-state index contributed by atoms with van der Waals surface area (Å²) in [6.45, 7) is 9.94. The van der Waals surface area contributed by atoms with Crippen LogP contribution >= 0.6 is 0 Å². The zero-order valence-corrected chi connectivity index (χ0v) is 27.3. The van der Waals surface area contributed by atoms with E-state index >= 15 is 0 Å². The fraction of sp³-hybridized carbons (Fsp3) is 0.788.